The highest BCUT2D eigenvalue weighted by Gasteiger charge is 2.20. The first-order valence-corrected chi connectivity index (χ1v) is 7.11. The van der Waals surface area contributed by atoms with Crippen molar-refractivity contribution >= 4 is 5.84 Å². The minimum absolute atomic E-state index is 0.513. The molecule has 1 N–H and O–H groups in total. The lowest BCUT2D eigenvalue weighted by molar-refractivity contribution is 0.386. The van der Waals surface area contributed by atoms with E-state index >= 15 is 0 Å². The smallest absolute Gasteiger partial charge is 0.0986 e. The van der Waals surface area contributed by atoms with Crippen LogP contribution in [0.1, 0.15) is 37.7 Å². The van der Waals surface area contributed by atoms with E-state index in [0.717, 1.165) is 18.8 Å². The summed E-state index contributed by atoms with van der Waals surface area (Å²) >= 11 is 0. The van der Waals surface area contributed by atoms with Gasteiger partial charge in [-0.1, -0.05) is 49.6 Å². The maximum absolute atomic E-state index is 8.28. The van der Waals surface area contributed by atoms with Crippen LogP contribution in [0.2, 0.25) is 0 Å². The Morgan fingerprint density at radius 3 is 2.50 bits per heavy atom. The highest BCUT2D eigenvalue weighted by molar-refractivity contribution is 5.81. The summed E-state index contributed by atoms with van der Waals surface area (Å²) in [4.78, 5) is 2.14. The molecule has 2 nitrogen and oxygen atoms in total. The van der Waals surface area contributed by atoms with E-state index in [-0.39, 0.29) is 0 Å². The Bertz CT molecular complexity index is 366. The third kappa shape index (κ3) is 3.59. The normalized spacial score (nSPS) is 16.5. The van der Waals surface area contributed by atoms with Crippen LogP contribution in [0, 0.1) is 11.3 Å². The van der Waals surface area contributed by atoms with Crippen LogP contribution in [-0.4, -0.2) is 24.3 Å². The highest BCUT2D eigenvalue weighted by atomic mass is 15.1. The first kappa shape index (κ1) is 13.1. The van der Waals surface area contributed by atoms with Crippen LogP contribution in [0.15, 0.2) is 30.3 Å². The molecule has 1 fully saturated rings. The van der Waals surface area contributed by atoms with Crippen molar-refractivity contribution in [1.29, 1.82) is 5.41 Å². The molecule has 0 heterocycles. The van der Waals surface area contributed by atoms with Crippen LogP contribution in [0.3, 0.4) is 0 Å². The summed E-state index contributed by atoms with van der Waals surface area (Å²) < 4.78 is 0. The summed E-state index contributed by atoms with van der Waals surface area (Å²) in [5.41, 5.74) is 1.36. The molecule has 1 aromatic rings. The zero-order valence-corrected chi connectivity index (χ0v) is 11.4. The second kappa shape index (κ2) is 6.58. The zero-order chi connectivity index (χ0) is 12.8. The van der Waals surface area contributed by atoms with E-state index in [1.165, 1.54) is 37.7 Å². The third-order valence-electron chi connectivity index (χ3n) is 3.98. The number of rotatable bonds is 4. The van der Waals surface area contributed by atoms with Crippen molar-refractivity contribution in [2.75, 3.05) is 13.6 Å². The highest BCUT2D eigenvalue weighted by Crippen LogP contribution is 2.25. The number of hydrogen-bond donors (Lipinski definition) is 1. The van der Waals surface area contributed by atoms with Gasteiger partial charge >= 0.3 is 0 Å². The molecule has 2 heteroatoms. The zero-order valence-electron chi connectivity index (χ0n) is 11.4. The molecule has 1 aliphatic rings. The first-order chi connectivity index (χ1) is 8.77. The van der Waals surface area contributed by atoms with Gasteiger partial charge in [0.1, 0.15) is 0 Å². The molecule has 0 spiro atoms. The average molecular weight is 244 g/mol. The van der Waals surface area contributed by atoms with Crippen molar-refractivity contribution in [2.45, 2.75) is 38.5 Å². The molecule has 0 aromatic heterocycles. The predicted octanol–water partition coefficient (Wildman–Crippen LogP) is 3.72. The van der Waals surface area contributed by atoms with Crippen LogP contribution in [0.4, 0.5) is 0 Å². The molecule has 0 unspecified atom stereocenters. The Hall–Kier alpha value is -1.31. The van der Waals surface area contributed by atoms with Gasteiger partial charge in [0.05, 0.1) is 5.84 Å². The van der Waals surface area contributed by atoms with Gasteiger partial charge < -0.3 is 4.90 Å². The monoisotopic (exact) mass is 244 g/mol. The molecule has 0 aliphatic heterocycles. The fourth-order valence-corrected chi connectivity index (χ4v) is 2.75. The summed E-state index contributed by atoms with van der Waals surface area (Å²) in [6.45, 7) is 0.958. The van der Waals surface area contributed by atoms with Crippen LogP contribution in [-0.2, 0) is 6.42 Å². The summed E-state index contributed by atoms with van der Waals surface area (Å²) in [7, 11) is 2.07. The molecule has 0 radical (unpaired) electrons. The molecule has 2 rings (SSSR count). The van der Waals surface area contributed by atoms with E-state index < -0.39 is 0 Å². The van der Waals surface area contributed by atoms with Crippen molar-refractivity contribution in [1.82, 2.24) is 4.90 Å². The van der Waals surface area contributed by atoms with Gasteiger partial charge in [-0.25, -0.2) is 0 Å². The Morgan fingerprint density at radius 2 is 1.83 bits per heavy atom. The molecule has 1 aliphatic carbocycles. The summed E-state index contributed by atoms with van der Waals surface area (Å²) in [6, 6.07) is 10.6. The molecular formula is C16H24N2. The number of amidine groups is 1. The first-order valence-electron chi connectivity index (χ1n) is 7.11. The Labute approximate surface area is 111 Å². The Balaban J connectivity index is 1.80. The number of likely N-dealkylation sites (N-methyl/N-ethyl adjacent to an activating group) is 1. The van der Waals surface area contributed by atoms with Crippen LogP contribution < -0.4 is 0 Å². The molecule has 1 saturated carbocycles. The molecule has 0 saturated heterocycles. The fraction of sp³-hybridized carbons (Fsp3) is 0.562. The van der Waals surface area contributed by atoms with Crippen molar-refractivity contribution in [3.8, 4) is 0 Å². The molecule has 1 aromatic carbocycles. The van der Waals surface area contributed by atoms with E-state index in [2.05, 4.69) is 42.3 Å². The van der Waals surface area contributed by atoms with Crippen LogP contribution in [0.25, 0.3) is 0 Å². The topological polar surface area (TPSA) is 27.1 Å². The van der Waals surface area contributed by atoms with E-state index in [1.54, 1.807) is 0 Å². The van der Waals surface area contributed by atoms with Crippen molar-refractivity contribution in [3.63, 3.8) is 0 Å². The summed E-state index contributed by atoms with van der Waals surface area (Å²) in [5.74, 6) is 1.37. The van der Waals surface area contributed by atoms with Crippen molar-refractivity contribution in [3.05, 3.63) is 35.9 Å². The van der Waals surface area contributed by atoms with Gasteiger partial charge in [-0.2, -0.15) is 0 Å². The van der Waals surface area contributed by atoms with Gasteiger partial charge in [-0.3, -0.25) is 5.41 Å². The second-order valence-electron chi connectivity index (χ2n) is 5.38. The van der Waals surface area contributed by atoms with Gasteiger partial charge in [0, 0.05) is 19.5 Å². The minimum atomic E-state index is 0.513. The SMILES string of the molecule is CN(CCc1ccccc1)C(=N)C1CCCCC1. The summed E-state index contributed by atoms with van der Waals surface area (Å²) in [5, 5.41) is 8.28. The van der Waals surface area contributed by atoms with Crippen molar-refractivity contribution in [2.24, 2.45) is 5.92 Å². The molecule has 18 heavy (non-hydrogen) atoms. The Kier molecular flexibility index (Phi) is 4.80. The van der Waals surface area contributed by atoms with E-state index in [0.29, 0.717) is 5.92 Å². The minimum Gasteiger partial charge on any atom is -0.363 e. The number of benzene rings is 1. The average Bonchev–Trinajstić information content (AvgIpc) is 2.46. The molecule has 98 valence electrons. The standard InChI is InChI=1S/C16H24N2/c1-18(13-12-14-8-4-2-5-9-14)16(17)15-10-6-3-7-11-15/h2,4-5,8-9,15,17H,3,6-7,10-13H2,1H3. The van der Waals surface area contributed by atoms with Crippen LogP contribution >= 0.6 is 0 Å². The fourth-order valence-electron chi connectivity index (χ4n) is 2.75. The molecule has 0 atom stereocenters. The van der Waals surface area contributed by atoms with E-state index in [1.807, 2.05) is 0 Å². The van der Waals surface area contributed by atoms with Gasteiger partial charge in [0.25, 0.3) is 0 Å². The predicted molar refractivity (Wildman–Crippen MR) is 77.1 cm³/mol. The summed E-state index contributed by atoms with van der Waals surface area (Å²) in [6.07, 6.45) is 7.44. The number of nitrogens with zero attached hydrogens (tertiary/aromatic N) is 1. The lowest BCUT2D eigenvalue weighted by Gasteiger charge is -2.29. The molecule has 0 amide bonds. The lowest BCUT2D eigenvalue weighted by Crippen LogP contribution is -2.34. The quantitative estimate of drug-likeness (QED) is 0.634. The van der Waals surface area contributed by atoms with Crippen molar-refractivity contribution < 1.29 is 0 Å². The van der Waals surface area contributed by atoms with Crippen LogP contribution in [0.5, 0.6) is 0 Å². The number of nitrogens with one attached hydrogen (secondary N) is 1. The number of hydrogen-bond acceptors (Lipinski definition) is 1. The van der Waals surface area contributed by atoms with Gasteiger partial charge in [0.2, 0.25) is 0 Å². The van der Waals surface area contributed by atoms with E-state index in [4.69, 9.17) is 5.41 Å². The molecule has 0 bridgehead atoms. The Morgan fingerprint density at radius 1 is 1.17 bits per heavy atom. The van der Waals surface area contributed by atoms with Gasteiger partial charge in [-0.05, 0) is 24.8 Å². The third-order valence-corrected chi connectivity index (χ3v) is 3.98. The maximum atomic E-state index is 8.28. The largest absolute Gasteiger partial charge is 0.363 e. The van der Waals surface area contributed by atoms with Gasteiger partial charge in [-0.15, -0.1) is 0 Å². The molecular weight excluding hydrogens is 220 g/mol. The lowest BCUT2D eigenvalue weighted by atomic mass is 9.88. The van der Waals surface area contributed by atoms with E-state index in [9.17, 15) is 0 Å². The second-order valence-corrected chi connectivity index (χ2v) is 5.38. The maximum Gasteiger partial charge on any atom is 0.0986 e. The van der Waals surface area contributed by atoms with Gasteiger partial charge in [0.15, 0.2) is 0 Å².